The molecule has 0 bridgehead atoms. The largest absolute Gasteiger partial charge is 0.249 e. The van der Waals surface area contributed by atoms with Gasteiger partial charge in [0, 0.05) is 6.20 Å². The molecule has 1 heterocycles. The van der Waals surface area contributed by atoms with Gasteiger partial charge >= 0.3 is 0 Å². The smallest absolute Gasteiger partial charge is 0.106 e. The van der Waals surface area contributed by atoms with E-state index < -0.39 is 0 Å². The van der Waals surface area contributed by atoms with Crippen LogP contribution in [0.3, 0.4) is 0 Å². The van der Waals surface area contributed by atoms with Crippen molar-refractivity contribution < 1.29 is 0 Å². The van der Waals surface area contributed by atoms with E-state index in [1.807, 2.05) is 12.3 Å². The van der Waals surface area contributed by atoms with E-state index in [2.05, 4.69) is 46.1 Å². The standard InChI is InChI=1S/C12H16BrN/c1-2-3-4-5-6-7-11-8-9-12(13)14-10-11/h6-10H,2-5H2,1H3/b7-6+. The molecule has 0 saturated heterocycles. The molecule has 1 aromatic heterocycles. The Bertz CT molecular complexity index is 277. The molecule has 0 saturated carbocycles. The zero-order chi connectivity index (χ0) is 10.2. The molecular formula is C12H16BrN. The summed E-state index contributed by atoms with van der Waals surface area (Å²) in [6.45, 7) is 2.22. The molecule has 0 aliphatic heterocycles. The summed E-state index contributed by atoms with van der Waals surface area (Å²) < 4.78 is 0.889. The highest BCUT2D eigenvalue weighted by Crippen LogP contribution is 2.08. The molecular weight excluding hydrogens is 238 g/mol. The summed E-state index contributed by atoms with van der Waals surface area (Å²) in [6.07, 6.45) is 11.3. The maximum atomic E-state index is 4.16. The number of hydrogen-bond donors (Lipinski definition) is 0. The number of pyridine rings is 1. The lowest BCUT2D eigenvalue weighted by Gasteiger charge is -1.94. The molecule has 14 heavy (non-hydrogen) atoms. The molecule has 0 fully saturated rings. The summed E-state index contributed by atoms with van der Waals surface area (Å²) in [6, 6.07) is 4.03. The zero-order valence-electron chi connectivity index (χ0n) is 8.54. The fourth-order valence-corrected chi connectivity index (χ4v) is 1.45. The first-order chi connectivity index (χ1) is 6.83. The van der Waals surface area contributed by atoms with Crippen LogP contribution in [0.25, 0.3) is 6.08 Å². The van der Waals surface area contributed by atoms with E-state index in [-0.39, 0.29) is 0 Å². The molecule has 0 unspecified atom stereocenters. The second-order valence-electron chi connectivity index (χ2n) is 3.31. The normalized spacial score (nSPS) is 11.0. The van der Waals surface area contributed by atoms with E-state index in [9.17, 15) is 0 Å². The van der Waals surface area contributed by atoms with Crippen LogP contribution in [0.1, 0.15) is 38.2 Å². The average Bonchev–Trinajstić information content (AvgIpc) is 2.21. The Kier molecular flexibility index (Phi) is 5.53. The van der Waals surface area contributed by atoms with Crippen molar-refractivity contribution in [2.24, 2.45) is 0 Å². The van der Waals surface area contributed by atoms with Gasteiger partial charge in [0.25, 0.3) is 0 Å². The van der Waals surface area contributed by atoms with Crippen molar-refractivity contribution >= 4 is 22.0 Å². The van der Waals surface area contributed by atoms with Crippen molar-refractivity contribution in [2.75, 3.05) is 0 Å². The van der Waals surface area contributed by atoms with E-state index in [0.29, 0.717) is 0 Å². The molecule has 0 aliphatic rings. The van der Waals surface area contributed by atoms with Crippen LogP contribution < -0.4 is 0 Å². The summed E-state index contributed by atoms with van der Waals surface area (Å²) in [5.41, 5.74) is 1.17. The number of unbranched alkanes of at least 4 members (excludes halogenated alkanes) is 3. The molecule has 2 heteroatoms. The molecule has 0 N–H and O–H groups in total. The quantitative estimate of drug-likeness (QED) is 0.559. The second kappa shape index (κ2) is 6.77. The summed E-state index contributed by atoms with van der Waals surface area (Å²) in [7, 11) is 0. The van der Waals surface area contributed by atoms with E-state index >= 15 is 0 Å². The number of halogens is 1. The van der Waals surface area contributed by atoms with Gasteiger partial charge in [-0.05, 0) is 40.4 Å². The molecule has 1 aromatic rings. The van der Waals surface area contributed by atoms with Gasteiger partial charge in [-0.2, -0.15) is 0 Å². The van der Waals surface area contributed by atoms with Crippen LogP contribution in [0.2, 0.25) is 0 Å². The van der Waals surface area contributed by atoms with Crippen molar-refractivity contribution in [1.29, 1.82) is 0 Å². The summed E-state index contributed by atoms with van der Waals surface area (Å²) in [5.74, 6) is 0. The molecule has 0 atom stereocenters. The molecule has 0 aliphatic carbocycles. The Hall–Kier alpha value is -0.630. The third kappa shape index (κ3) is 4.56. The van der Waals surface area contributed by atoms with Gasteiger partial charge in [-0.3, -0.25) is 0 Å². The van der Waals surface area contributed by atoms with E-state index in [0.717, 1.165) is 4.60 Å². The molecule has 0 radical (unpaired) electrons. The van der Waals surface area contributed by atoms with Crippen molar-refractivity contribution in [3.05, 3.63) is 34.6 Å². The molecule has 76 valence electrons. The minimum absolute atomic E-state index is 0.889. The van der Waals surface area contributed by atoms with E-state index in [1.165, 1.54) is 31.2 Å². The number of hydrogen-bond acceptors (Lipinski definition) is 1. The minimum atomic E-state index is 0.889. The predicted octanol–water partition coefficient (Wildman–Crippen LogP) is 4.44. The fourth-order valence-electron chi connectivity index (χ4n) is 1.22. The predicted molar refractivity (Wildman–Crippen MR) is 65.1 cm³/mol. The first-order valence-corrected chi connectivity index (χ1v) is 5.90. The SMILES string of the molecule is CCCCC/C=C/c1ccc(Br)nc1. The lowest BCUT2D eigenvalue weighted by molar-refractivity contribution is 0.730. The third-order valence-electron chi connectivity index (χ3n) is 2.03. The van der Waals surface area contributed by atoms with Gasteiger partial charge in [0.2, 0.25) is 0 Å². The molecule has 1 nitrogen and oxygen atoms in total. The fraction of sp³-hybridized carbons (Fsp3) is 0.417. The highest BCUT2D eigenvalue weighted by atomic mass is 79.9. The average molecular weight is 254 g/mol. The first-order valence-electron chi connectivity index (χ1n) is 5.11. The van der Waals surface area contributed by atoms with Gasteiger partial charge in [-0.15, -0.1) is 0 Å². The van der Waals surface area contributed by atoms with Crippen molar-refractivity contribution in [3.63, 3.8) is 0 Å². The van der Waals surface area contributed by atoms with E-state index in [1.54, 1.807) is 0 Å². The maximum absolute atomic E-state index is 4.16. The highest BCUT2D eigenvalue weighted by molar-refractivity contribution is 9.10. The number of aromatic nitrogens is 1. The van der Waals surface area contributed by atoms with Gasteiger partial charge < -0.3 is 0 Å². The van der Waals surface area contributed by atoms with Gasteiger partial charge in [0.15, 0.2) is 0 Å². The van der Waals surface area contributed by atoms with Crippen LogP contribution in [-0.4, -0.2) is 4.98 Å². The zero-order valence-corrected chi connectivity index (χ0v) is 10.1. The van der Waals surface area contributed by atoms with Crippen LogP contribution in [0.5, 0.6) is 0 Å². The number of nitrogens with zero attached hydrogens (tertiary/aromatic N) is 1. The van der Waals surface area contributed by atoms with Crippen molar-refractivity contribution in [2.45, 2.75) is 32.6 Å². The van der Waals surface area contributed by atoms with Gasteiger partial charge in [-0.25, -0.2) is 4.98 Å². The summed E-state index contributed by atoms with van der Waals surface area (Å²) >= 11 is 3.31. The van der Waals surface area contributed by atoms with Crippen LogP contribution in [-0.2, 0) is 0 Å². The second-order valence-corrected chi connectivity index (χ2v) is 4.12. The Morgan fingerprint density at radius 3 is 2.86 bits per heavy atom. The highest BCUT2D eigenvalue weighted by Gasteiger charge is 1.88. The molecule has 0 amide bonds. The topological polar surface area (TPSA) is 12.9 Å². The first kappa shape index (κ1) is 11.4. The monoisotopic (exact) mass is 253 g/mol. The van der Waals surface area contributed by atoms with Gasteiger partial charge in [-0.1, -0.05) is 38.0 Å². The van der Waals surface area contributed by atoms with Crippen LogP contribution >= 0.6 is 15.9 Å². The van der Waals surface area contributed by atoms with E-state index in [4.69, 9.17) is 0 Å². The Labute approximate surface area is 94.4 Å². The van der Waals surface area contributed by atoms with Gasteiger partial charge in [0.1, 0.15) is 4.60 Å². The van der Waals surface area contributed by atoms with Crippen LogP contribution in [0.15, 0.2) is 29.0 Å². The van der Waals surface area contributed by atoms with Crippen molar-refractivity contribution in [3.8, 4) is 0 Å². The van der Waals surface area contributed by atoms with Crippen LogP contribution in [0.4, 0.5) is 0 Å². The summed E-state index contributed by atoms with van der Waals surface area (Å²) in [5, 5.41) is 0. The third-order valence-corrected chi connectivity index (χ3v) is 2.50. The molecule has 0 aromatic carbocycles. The Morgan fingerprint density at radius 2 is 2.21 bits per heavy atom. The lowest BCUT2D eigenvalue weighted by Crippen LogP contribution is -1.77. The number of allylic oxidation sites excluding steroid dienone is 1. The Balaban J connectivity index is 2.33. The number of rotatable bonds is 5. The van der Waals surface area contributed by atoms with Crippen molar-refractivity contribution in [1.82, 2.24) is 4.98 Å². The maximum Gasteiger partial charge on any atom is 0.106 e. The summed E-state index contributed by atoms with van der Waals surface area (Å²) in [4.78, 5) is 4.16. The van der Waals surface area contributed by atoms with Crippen LogP contribution in [0, 0.1) is 0 Å². The minimum Gasteiger partial charge on any atom is -0.249 e. The lowest BCUT2D eigenvalue weighted by atomic mass is 10.2. The molecule has 0 spiro atoms. The Morgan fingerprint density at radius 1 is 1.36 bits per heavy atom. The molecule has 1 rings (SSSR count). The van der Waals surface area contributed by atoms with Gasteiger partial charge in [0.05, 0.1) is 0 Å².